The van der Waals surface area contributed by atoms with Crippen LogP contribution in [0.3, 0.4) is 0 Å². The molecule has 0 aliphatic carbocycles. The van der Waals surface area contributed by atoms with Crippen LogP contribution in [0.15, 0.2) is 25.3 Å². The molecule has 2 fully saturated rings. The summed E-state index contributed by atoms with van der Waals surface area (Å²) in [6.07, 6.45) is 10.1. The Labute approximate surface area is 212 Å². The van der Waals surface area contributed by atoms with Gasteiger partial charge in [0.1, 0.15) is 23.7 Å². The number of carbonyl (C=O) groups is 1. The van der Waals surface area contributed by atoms with E-state index >= 15 is 0 Å². The van der Waals surface area contributed by atoms with E-state index in [1.165, 1.54) is 19.3 Å². The van der Waals surface area contributed by atoms with Crippen LogP contribution in [0.5, 0.6) is 11.8 Å². The standard InChI is InChI=1S/C28H35N5O3/c1-4-19-15-21(34)16-24(22(19)5-2)33-17-23-25(27(33)35)26(32-13-8-6-7-9-14-32)30-28(29-23)36-18-20-11-10-12-31(20)3/h4-5,15-16,20,34H,1-2,6-14,17-18H2,3H3. The summed E-state index contributed by atoms with van der Waals surface area (Å²) in [4.78, 5) is 29.6. The van der Waals surface area contributed by atoms with E-state index in [4.69, 9.17) is 14.7 Å². The lowest BCUT2D eigenvalue weighted by molar-refractivity contribution is 0.0996. The number of aromatic hydroxyl groups is 1. The van der Waals surface area contributed by atoms with Crippen molar-refractivity contribution in [3.8, 4) is 11.8 Å². The Morgan fingerprint density at radius 1 is 1.08 bits per heavy atom. The Kier molecular flexibility index (Phi) is 6.96. The molecule has 1 amide bonds. The molecule has 4 heterocycles. The predicted octanol–water partition coefficient (Wildman–Crippen LogP) is 4.48. The molecular weight excluding hydrogens is 454 g/mol. The van der Waals surface area contributed by atoms with Crippen LogP contribution in [-0.4, -0.2) is 65.2 Å². The molecule has 8 heteroatoms. The number of rotatable bonds is 7. The number of aromatic nitrogens is 2. The summed E-state index contributed by atoms with van der Waals surface area (Å²) in [5, 5.41) is 10.4. The van der Waals surface area contributed by atoms with Gasteiger partial charge in [-0.2, -0.15) is 9.97 Å². The van der Waals surface area contributed by atoms with Crippen molar-refractivity contribution in [1.82, 2.24) is 14.9 Å². The monoisotopic (exact) mass is 489 g/mol. The van der Waals surface area contributed by atoms with Gasteiger partial charge in [-0.25, -0.2) is 0 Å². The van der Waals surface area contributed by atoms with Gasteiger partial charge in [-0.05, 0) is 50.9 Å². The Hall–Kier alpha value is -3.39. The second kappa shape index (κ2) is 10.3. The number of phenols is 1. The van der Waals surface area contributed by atoms with Crippen LogP contribution in [-0.2, 0) is 6.54 Å². The van der Waals surface area contributed by atoms with Gasteiger partial charge in [0.25, 0.3) is 5.91 Å². The molecule has 0 spiro atoms. The number of likely N-dealkylation sites (tertiary alicyclic amines) is 1. The molecule has 3 aliphatic rings. The van der Waals surface area contributed by atoms with Crippen LogP contribution in [0.2, 0.25) is 0 Å². The third kappa shape index (κ3) is 4.57. The van der Waals surface area contributed by atoms with Crippen molar-refractivity contribution in [2.75, 3.05) is 43.1 Å². The van der Waals surface area contributed by atoms with Gasteiger partial charge in [-0.3, -0.25) is 4.79 Å². The van der Waals surface area contributed by atoms with E-state index in [0.717, 1.165) is 44.5 Å². The molecule has 1 unspecified atom stereocenters. The van der Waals surface area contributed by atoms with Crippen LogP contribution >= 0.6 is 0 Å². The van der Waals surface area contributed by atoms with Crippen molar-refractivity contribution in [3.05, 3.63) is 47.7 Å². The molecule has 1 aromatic carbocycles. The number of ether oxygens (including phenoxy) is 1. The predicted molar refractivity (Wildman–Crippen MR) is 143 cm³/mol. The van der Waals surface area contributed by atoms with Crippen LogP contribution in [0.1, 0.15) is 65.7 Å². The van der Waals surface area contributed by atoms with Crippen molar-refractivity contribution in [1.29, 1.82) is 0 Å². The van der Waals surface area contributed by atoms with E-state index in [0.29, 0.717) is 47.0 Å². The highest BCUT2D eigenvalue weighted by atomic mass is 16.5. The third-order valence-electron chi connectivity index (χ3n) is 7.58. The molecule has 1 aromatic heterocycles. The van der Waals surface area contributed by atoms with Crippen LogP contribution in [0.4, 0.5) is 11.5 Å². The molecule has 5 rings (SSSR count). The van der Waals surface area contributed by atoms with Gasteiger partial charge in [-0.15, -0.1) is 0 Å². The third-order valence-corrected chi connectivity index (χ3v) is 7.58. The SMILES string of the molecule is C=Cc1cc(O)cc(N2Cc3nc(OCC4CCCN4C)nc(N4CCCCCC4)c3C2=O)c1C=C. The van der Waals surface area contributed by atoms with Gasteiger partial charge in [0, 0.05) is 30.8 Å². The summed E-state index contributed by atoms with van der Waals surface area (Å²) in [6.45, 7) is 11.4. The van der Waals surface area contributed by atoms with Crippen molar-refractivity contribution >= 4 is 29.6 Å². The lowest BCUT2D eigenvalue weighted by Gasteiger charge is -2.24. The first-order valence-electron chi connectivity index (χ1n) is 12.9. The Bertz CT molecular complexity index is 1170. The molecule has 0 saturated carbocycles. The smallest absolute Gasteiger partial charge is 0.318 e. The molecular formula is C28H35N5O3. The van der Waals surface area contributed by atoms with Crippen molar-refractivity contribution in [2.45, 2.75) is 51.1 Å². The number of hydrogen-bond acceptors (Lipinski definition) is 7. The molecule has 190 valence electrons. The molecule has 2 aromatic rings. The fraction of sp³-hybridized carbons (Fsp3) is 0.464. The largest absolute Gasteiger partial charge is 0.508 e. The first-order chi connectivity index (χ1) is 17.5. The van der Waals surface area contributed by atoms with Crippen molar-refractivity contribution in [2.24, 2.45) is 0 Å². The summed E-state index contributed by atoms with van der Waals surface area (Å²) in [5.74, 6) is 0.557. The number of amides is 1. The average Bonchev–Trinajstić information content (AvgIpc) is 3.31. The lowest BCUT2D eigenvalue weighted by Crippen LogP contribution is -2.31. The number of nitrogens with zero attached hydrogens (tertiary/aromatic N) is 5. The van der Waals surface area contributed by atoms with Gasteiger partial charge in [-0.1, -0.05) is 38.2 Å². The molecule has 8 nitrogen and oxygen atoms in total. The van der Waals surface area contributed by atoms with Crippen LogP contribution in [0.25, 0.3) is 12.2 Å². The maximum absolute atomic E-state index is 13.9. The Balaban J connectivity index is 1.53. The van der Waals surface area contributed by atoms with Crippen molar-refractivity contribution in [3.63, 3.8) is 0 Å². The second-order valence-electron chi connectivity index (χ2n) is 9.91. The molecule has 1 atom stereocenters. The van der Waals surface area contributed by atoms with Crippen LogP contribution < -0.4 is 14.5 Å². The quantitative estimate of drug-likeness (QED) is 0.614. The number of hydrogen-bond donors (Lipinski definition) is 1. The minimum Gasteiger partial charge on any atom is -0.508 e. The van der Waals surface area contributed by atoms with E-state index in [9.17, 15) is 9.90 Å². The lowest BCUT2D eigenvalue weighted by atomic mass is 10.0. The van der Waals surface area contributed by atoms with Crippen LogP contribution in [0, 0.1) is 0 Å². The van der Waals surface area contributed by atoms with E-state index < -0.39 is 0 Å². The van der Waals surface area contributed by atoms with Gasteiger partial charge in [0.05, 0.1) is 17.9 Å². The highest BCUT2D eigenvalue weighted by Gasteiger charge is 2.37. The van der Waals surface area contributed by atoms with E-state index in [1.807, 2.05) is 0 Å². The second-order valence-corrected chi connectivity index (χ2v) is 9.91. The summed E-state index contributed by atoms with van der Waals surface area (Å²) >= 11 is 0. The number of anilines is 2. The zero-order chi connectivity index (χ0) is 25.2. The fourth-order valence-corrected chi connectivity index (χ4v) is 5.55. The Morgan fingerprint density at radius 2 is 1.86 bits per heavy atom. The van der Waals surface area contributed by atoms with Gasteiger partial charge in [0.15, 0.2) is 0 Å². The number of likely N-dealkylation sites (N-methyl/N-ethyl adjacent to an activating group) is 1. The maximum Gasteiger partial charge on any atom is 0.318 e. The molecule has 0 bridgehead atoms. The molecule has 36 heavy (non-hydrogen) atoms. The van der Waals surface area contributed by atoms with Gasteiger partial charge >= 0.3 is 6.01 Å². The number of phenolic OH excluding ortho intramolecular Hbond substituents is 1. The first-order valence-corrected chi connectivity index (χ1v) is 12.9. The molecule has 3 aliphatic heterocycles. The molecule has 1 N–H and O–H groups in total. The summed E-state index contributed by atoms with van der Waals surface area (Å²) in [6, 6.07) is 3.89. The van der Waals surface area contributed by atoms with Crippen molar-refractivity contribution < 1.29 is 14.6 Å². The molecule has 2 saturated heterocycles. The summed E-state index contributed by atoms with van der Waals surface area (Å²) in [5.41, 5.74) is 3.23. The van der Waals surface area contributed by atoms with E-state index in [1.54, 1.807) is 29.2 Å². The molecule has 0 radical (unpaired) electrons. The maximum atomic E-state index is 13.9. The van der Waals surface area contributed by atoms with E-state index in [-0.39, 0.29) is 18.2 Å². The fourth-order valence-electron chi connectivity index (χ4n) is 5.55. The zero-order valence-electron chi connectivity index (χ0n) is 21.1. The Morgan fingerprint density at radius 3 is 2.53 bits per heavy atom. The highest BCUT2D eigenvalue weighted by Crippen LogP contribution is 2.39. The highest BCUT2D eigenvalue weighted by molar-refractivity contribution is 6.13. The minimum absolute atomic E-state index is 0.0674. The van der Waals surface area contributed by atoms with Gasteiger partial charge in [0.2, 0.25) is 0 Å². The number of fused-ring (bicyclic) bond motifs is 1. The normalized spacial score (nSPS) is 20.4. The average molecular weight is 490 g/mol. The minimum atomic E-state index is -0.171. The summed E-state index contributed by atoms with van der Waals surface area (Å²) < 4.78 is 6.14. The summed E-state index contributed by atoms with van der Waals surface area (Å²) in [7, 11) is 2.12. The topological polar surface area (TPSA) is 82.0 Å². The number of benzene rings is 1. The van der Waals surface area contributed by atoms with Gasteiger partial charge < -0.3 is 24.5 Å². The van der Waals surface area contributed by atoms with E-state index in [2.05, 4.69) is 30.0 Å². The zero-order valence-corrected chi connectivity index (χ0v) is 21.1. The number of carbonyl (C=O) groups excluding carboxylic acids is 1. The first kappa shape index (κ1) is 24.3.